The van der Waals surface area contributed by atoms with Crippen molar-refractivity contribution >= 4 is 11.9 Å². The smallest absolute Gasteiger partial charge is 0.318 e. The van der Waals surface area contributed by atoms with Gasteiger partial charge in [0.05, 0.1) is 6.10 Å². The Morgan fingerprint density at radius 2 is 2.00 bits per heavy atom. The normalized spacial score (nSPS) is 24.7. The lowest BCUT2D eigenvalue weighted by atomic mass is 9.86. The van der Waals surface area contributed by atoms with Gasteiger partial charge in [0.15, 0.2) is 0 Å². The zero-order valence-corrected chi connectivity index (χ0v) is 9.95. The van der Waals surface area contributed by atoms with Crippen molar-refractivity contribution in [1.29, 1.82) is 0 Å². The van der Waals surface area contributed by atoms with Crippen molar-refractivity contribution in [1.82, 2.24) is 5.32 Å². The highest BCUT2D eigenvalue weighted by molar-refractivity contribution is 6.01. The van der Waals surface area contributed by atoms with Crippen LogP contribution in [0.25, 0.3) is 0 Å². The SMILES string of the molecule is CCOC1CC(NC(=O)C(C)(C)C(=O)O)C1. The van der Waals surface area contributed by atoms with Crippen LogP contribution in [0.5, 0.6) is 0 Å². The summed E-state index contributed by atoms with van der Waals surface area (Å²) in [7, 11) is 0. The van der Waals surface area contributed by atoms with E-state index in [0.717, 1.165) is 12.8 Å². The molecule has 92 valence electrons. The minimum absolute atomic E-state index is 0.0580. The van der Waals surface area contributed by atoms with Gasteiger partial charge < -0.3 is 15.2 Å². The molecule has 1 amide bonds. The summed E-state index contributed by atoms with van der Waals surface area (Å²) in [5, 5.41) is 11.6. The van der Waals surface area contributed by atoms with Crippen LogP contribution in [0.1, 0.15) is 33.6 Å². The topological polar surface area (TPSA) is 75.6 Å². The molecular weight excluding hydrogens is 210 g/mol. The molecule has 0 atom stereocenters. The Morgan fingerprint density at radius 3 is 2.44 bits per heavy atom. The molecule has 1 fully saturated rings. The second-order valence-corrected chi connectivity index (χ2v) is 4.65. The fourth-order valence-electron chi connectivity index (χ4n) is 1.52. The molecule has 0 saturated heterocycles. The van der Waals surface area contributed by atoms with Crippen LogP contribution in [-0.4, -0.2) is 35.7 Å². The summed E-state index contributed by atoms with van der Waals surface area (Å²) in [4.78, 5) is 22.5. The summed E-state index contributed by atoms with van der Waals surface area (Å²) in [5.41, 5.74) is -1.36. The number of carbonyl (C=O) groups excluding carboxylic acids is 1. The zero-order chi connectivity index (χ0) is 12.3. The summed E-state index contributed by atoms with van der Waals surface area (Å²) >= 11 is 0. The maximum Gasteiger partial charge on any atom is 0.318 e. The lowest BCUT2D eigenvalue weighted by Gasteiger charge is -2.36. The van der Waals surface area contributed by atoms with Crippen LogP contribution in [-0.2, 0) is 14.3 Å². The van der Waals surface area contributed by atoms with Crippen LogP contribution in [0.15, 0.2) is 0 Å². The highest BCUT2D eigenvalue weighted by atomic mass is 16.5. The fourth-order valence-corrected chi connectivity index (χ4v) is 1.52. The Hall–Kier alpha value is -1.10. The second kappa shape index (κ2) is 4.82. The fraction of sp³-hybridized carbons (Fsp3) is 0.818. The molecule has 1 aliphatic rings. The van der Waals surface area contributed by atoms with Gasteiger partial charge in [-0.2, -0.15) is 0 Å². The van der Waals surface area contributed by atoms with Crippen molar-refractivity contribution < 1.29 is 19.4 Å². The highest BCUT2D eigenvalue weighted by Gasteiger charge is 2.39. The third-order valence-electron chi connectivity index (χ3n) is 2.93. The predicted molar refractivity (Wildman–Crippen MR) is 58.0 cm³/mol. The number of carboxylic acids is 1. The molecule has 2 N–H and O–H groups in total. The van der Waals surface area contributed by atoms with Gasteiger partial charge in [0.25, 0.3) is 0 Å². The van der Waals surface area contributed by atoms with E-state index in [1.54, 1.807) is 0 Å². The minimum atomic E-state index is -1.36. The molecule has 16 heavy (non-hydrogen) atoms. The van der Waals surface area contributed by atoms with E-state index in [-0.39, 0.29) is 12.1 Å². The quantitative estimate of drug-likeness (QED) is 0.683. The number of hydrogen-bond acceptors (Lipinski definition) is 3. The van der Waals surface area contributed by atoms with Gasteiger partial charge in [-0.25, -0.2) is 0 Å². The van der Waals surface area contributed by atoms with E-state index >= 15 is 0 Å². The number of carboxylic acid groups (broad SMARTS) is 1. The van der Waals surface area contributed by atoms with E-state index in [0.29, 0.717) is 6.61 Å². The molecule has 0 spiro atoms. The van der Waals surface area contributed by atoms with Crippen molar-refractivity contribution in [2.24, 2.45) is 5.41 Å². The first-order chi connectivity index (χ1) is 7.37. The van der Waals surface area contributed by atoms with Crippen molar-refractivity contribution in [2.75, 3.05) is 6.61 Å². The summed E-state index contributed by atoms with van der Waals surface area (Å²) in [6.45, 7) is 5.41. The molecule has 0 unspecified atom stereocenters. The molecule has 0 aromatic carbocycles. The Balaban J connectivity index is 2.35. The van der Waals surface area contributed by atoms with Gasteiger partial charge in [-0.1, -0.05) is 0 Å². The molecule has 1 aliphatic carbocycles. The van der Waals surface area contributed by atoms with Crippen LogP contribution in [0.2, 0.25) is 0 Å². The molecule has 0 bridgehead atoms. The Morgan fingerprint density at radius 1 is 1.44 bits per heavy atom. The molecule has 0 aliphatic heterocycles. The van der Waals surface area contributed by atoms with Crippen molar-refractivity contribution in [2.45, 2.75) is 45.8 Å². The monoisotopic (exact) mass is 229 g/mol. The van der Waals surface area contributed by atoms with Crippen LogP contribution in [0, 0.1) is 5.41 Å². The molecule has 1 rings (SSSR count). The van der Waals surface area contributed by atoms with E-state index < -0.39 is 17.3 Å². The summed E-state index contributed by atoms with van der Waals surface area (Å²) in [6.07, 6.45) is 1.76. The van der Waals surface area contributed by atoms with Gasteiger partial charge in [0.2, 0.25) is 5.91 Å². The number of hydrogen-bond donors (Lipinski definition) is 2. The minimum Gasteiger partial charge on any atom is -0.480 e. The van der Waals surface area contributed by atoms with E-state index in [2.05, 4.69) is 5.32 Å². The Bertz CT molecular complexity index is 282. The average molecular weight is 229 g/mol. The van der Waals surface area contributed by atoms with Crippen molar-refractivity contribution in [3.05, 3.63) is 0 Å². The first-order valence-corrected chi connectivity index (χ1v) is 5.54. The molecular formula is C11H19NO4. The first kappa shape index (κ1) is 13.0. The van der Waals surface area contributed by atoms with Gasteiger partial charge in [0, 0.05) is 12.6 Å². The number of aliphatic carboxylic acids is 1. The molecule has 5 heteroatoms. The standard InChI is InChI=1S/C11H19NO4/c1-4-16-8-5-7(6-8)12-9(13)11(2,3)10(14)15/h7-8H,4-6H2,1-3H3,(H,12,13)(H,14,15). The summed E-state index contributed by atoms with van der Waals surface area (Å²) < 4.78 is 5.36. The maximum absolute atomic E-state index is 11.6. The van der Waals surface area contributed by atoms with Crippen LogP contribution >= 0.6 is 0 Å². The summed E-state index contributed by atoms with van der Waals surface area (Å²) in [5.74, 6) is -1.54. The number of ether oxygens (including phenoxy) is 1. The molecule has 0 radical (unpaired) electrons. The van der Waals surface area contributed by atoms with Crippen LogP contribution in [0.4, 0.5) is 0 Å². The lowest BCUT2D eigenvalue weighted by Crippen LogP contribution is -2.52. The summed E-state index contributed by atoms with van der Waals surface area (Å²) in [6, 6.07) is 0.0580. The lowest BCUT2D eigenvalue weighted by molar-refractivity contribution is -0.154. The van der Waals surface area contributed by atoms with Crippen molar-refractivity contribution in [3.8, 4) is 0 Å². The van der Waals surface area contributed by atoms with Crippen LogP contribution in [0.3, 0.4) is 0 Å². The third kappa shape index (κ3) is 2.72. The Kier molecular flexibility index (Phi) is 3.91. The van der Waals surface area contributed by atoms with E-state index in [4.69, 9.17) is 9.84 Å². The maximum atomic E-state index is 11.6. The second-order valence-electron chi connectivity index (χ2n) is 4.65. The number of carbonyl (C=O) groups is 2. The molecule has 5 nitrogen and oxygen atoms in total. The Labute approximate surface area is 95.2 Å². The average Bonchev–Trinajstić information content (AvgIpc) is 2.14. The molecule has 0 aromatic heterocycles. The third-order valence-corrected chi connectivity index (χ3v) is 2.93. The van der Waals surface area contributed by atoms with Gasteiger partial charge in [-0.15, -0.1) is 0 Å². The number of rotatable bonds is 5. The highest BCUT2D eigenvalue weighted by Crippen LogP contribution is 2.25. The van der Waals surface area contributed by atoms with E-state index in [1.165, 1.54) is 13.8 Å². The van der Waals surface area contributed by atoms with Gasteiger partial charge in [0.1, 0.15) is 5.41 Å². The largest absolute Gasteiger partial charge is 0.480 e. The first-order valence-electron chi connectivity index (χ1n) is 5.54. The number of amides is 1. The predicted octanol–water partition coefficient (Wildman–Crippen LogP) is 0.781. The number of nitrogens with one attached hydrogen (secondary N) is 1. The van der Waals surface area contributed by atoms with Gasteiger partial charge in [-0.3, -0.25) is 9.59 Å². The molecule has 0 aromatic rings. The molecule has 0 heterocycles. The zero-order valence-electron chi connectivity index (χ0n) is 9.95. The van der Waals surface area contributed by atoms with Gasteiger partial charge in [-0.05, 0) is 33.6 Å². The van der Waals surface area contributed by atoms with Gasteiger partial charge >= 0.3 is 5.97 Å². The van der Waals surface area contributed by atoms with Crippen molar-refractivity contribution in [3.63, 3.8) is 0 Å². The van der Waals surface area contributed by atoms with E-state index in [1.807, 2.05) is 6.92 Å². The molecule has 1 saturated carbocycles. The van der Waals surface area contributed by atoms with E-state index in [9.17, 15) is 9.59 Å². The van der Waals surface area contributed by atoms with Crippen LogP contribution < -0.4 is 5.32 Å².